The molecule has 10 heteroatoms. The predicted molar refractivity (Wildman–Crippen MR) is 108 cm³/mol. The Kier molecular flexibility index (Phi) is 6.51. The van der Waals surface area contributed by atoms with Crippen LogP contribution in [-0.4, -0.2) is 56.3 Å². The van der Waals surface area contributed by atoms with E-state index < -0.39 is 0 Å². The zero-order chi connectivity index (χ0) is 21.7. The molecule has 0 saturated carbocycles. The number of amides is 1. The number of hydrogen-bond donors (Lipinski definition) is 2. The Bertz CT molecular complexity index is 951. The first-order chi connectivity index (χ1) is 14.4. The minimum atomic E-state index is -0.328. The number of ether oxygens (including phenoxy) is 2. The van der Waals surface area contributed by atoms with E-state index in [4.69, 9.17) is 14.7 Å². The van der Waals surface area contributed by atoms with Gasteiger partial charge in [0.1, 0.15) is 24.2 Å². The Morgan fingerprint density at radius 3 is 2.70 bits per heavy atom. The summed E-state index contributed by atoms with van der Waals surface area (Å²) < 4.78 is 11.1. The molecule has 1 aliphatic rings. The van der Waals surface area contributed by atoms with Crippen LogP contribution in [0.2, 0.25) is 0 Å². The largest absolute Gasteiger partial charge is 0.501 e. The van der Waals surface area contributed by atoms with E-state index >= 15 is 0 Å². The van der Waals surface area contributed by atoms with Gasteiger partial charge in [0.05, 0.1) is 18.0 Å². The summed E-state index contributed by atoms with van der Waals surface area (Å²) in [5.41, 5.74) is 1.69. The van der Waals surface area contributed by atoms with Gasteiger partial charge in [-0.1, -0.05) is 0 Å². The molecule has 2 aromatic rings. The SMILES string of the molecule is Cc1cc(C#N)ncc1Nc1ncnc(OC2CCN(C(=O)OC(C)C)CC2)c1O. The van der Waals surface area contributed by atoms with Crippen LogP contribution in [0.4, 0.5) is 16.3 Å². The second-order valence-corrected chi connectivity index (χ2v) is 7.23. The van der Waals surface area contributed by atoms with Crippen molar-refractivity contribution >= 4 is 17.6 Å². The van der Waals surface area contributed by atoms with E-state index in [0.717, 1.165) is 5.56 Å². The zero-order valence-electron chi connectivity index (χ0n) is 17.1. The van der Waals surface area contributed by atoms with E-state index in [-0.39, 0.29) is 35.7 Å². The Morgan fingerprint density at radius 2 is 2.07 bits per heavy atom. The number of carbonyl (C=O) groups excluding carboxylic acids is 1. The Balaban J connectivity index is 1.63. The molecule has 0 aromatic carbocycles. The highest BCUT2D eigenvalue weighted by molar-refractivity contribution is 5.68. The quantitative estimate of drug-likeness (QED) is 0.760. The van der Waals surface area contributed by atoms with Crippen LogP contribution in [-0.2, 0) is 4.74 Å². The van der Waals surface area contributed by atoms with Crippen LogP contribution in [0, 0.1) is 18.3 Å². The second kappa shape index (κ2) is 9.26. The average molecular weight is 412 g/mol. The molecule has 0 atom stereocenters. The van der Waals surface area contributed by atoms with E-state index in [1.54, 1.807) is 11.0 Å². The Labute approximate surface area is 174 Å². The van der Waals surface area contributed by atoms with Crippen LogP contribution in [0.15, 0.2) is 18.6 Å². The maximum atomic E-state index is 12.0. The van der Waals surface area contributed by atoms with Crippen molar-refractivity contribution in [1.82, 2.24) is 19.9 Å². The number of pyridine rings is 1. The fraction of sp³-hybridized carbons (Fsp3) is 0.450. The molecule has 10 nitrogen and oxygen atoms in total. The van der Waals surface area contributed by atoms with Gasteiger partial charge in [-0.3, -0.25) is 0 Å². The number of piperidine rings is 1. The van der Waals surface area contributed by atoms with Crippen LogP contribution in [0.3, 0.4) is 0 Å². The molecule has 0 aliphatic carbocycles. The minimum Gasteiger partial charge on any atom is -0.501 e. The number of nitrogens with zero attached hydrogens (tertiary/aromatic N) is 5. The maximum absolute atomic E-state index is 12.0. The van der Waals surface area contributed by atoms with Gasteiger partial charge in [0.2, 0.25) is 5.75 Å². The Morgan fingerprint density at radius 1 is 1.33 bits per heavy atom. The standard InChI is InChI=1S/C20H24N6O4/c1-12(2)29-20(28)26-6-4-15(5-7-26)30-19-17(27)18(23-11-24-19)25-16-10-22-14(9-21)8-13(16)3/h8,10-12,15,27H,4-7H2,1-3H3,(H,23,24,25). The minimum absolute atomic E-state index is 0.0648. The first kappa shape index (κ1) is 21.1. The molecule has 1 aliphatic heterocycles. The van der Waals surface area contributed by atoms with Crippen molar-refractivity contribution in [3.63, 3.8) is 0 Å². The number of nitrogens with one attached hydrogen (secondary N) is 1. The molecule has 0 bridgehead atoms. The molecular formula is C20H24N6O4. The molecule has 1 saturated heterocycles. The number of rotatable bonds is 5. The van der Waals surface area contributed by atoms with Crippen LogP contribution >= 0.6 is 0 Å². The number of nitriles is 1. The lowest BCUT2D eigenvalue weighted by atomic mass is 10.1. The van der Waals surface area contributed by atoms with Gasteiger partial charge in [0.15, 0.2) is 5.82 Å². The monoisotopic (exact) mass is 412 g/mol. The number of likely N-dealkylation sites (tertiary alicyclic amines) is 1. The topological polar surface area (TPSA) is 133 Å². The summed E-state index contributed by atoms with van der Waals surface area (Å²) in [7, 11) is 0. The first-order valence-corrected chi connectivity index (χ1v) is 9.67. The van der Waals surface area contributed by atoms with Gasteiger partial charge in [-0.2, -0.15) is 10.2 Å². The summed E-state index contributed by atoms with van der Waals surface area (Å²) in [6.07, 6.45) is 3.30. The van der Waals surface area contributed by atoms with Crippen LogP contribution in [0.1, 0.15) is 37.9 Å². The van der Waals surface area contributed by atoms with Crippen LogP contribution in [0.5, 0.6) is 11.6 Å². The summed E-state index contributed by atoms with van der Waals surface area (Å²) in [6.45, 7) is 6.45. The van der Waals surface area contributed by atoms with Crippen molar-refractivity contribution < 1.29 is 19.4 Å². The molecule has 2 N–H and O–H groups in total. The number of aryl methyl sites for hydroxylation is 1. The Hall–Kier alpha value is -3.61. The van der Waals surface area contributed by atoms with Gasteiger partial charge in [-0.25, -0.2) is 14.8 Å². The number of anilines is 2. The van der Waals surface area contributed by atoms with Crippen LogP contribution in [0.25, 0.3) is 0 Å². The first-order valence-electron chi connectivity index (χ1n) is 9.67. The molecule has 30 heavy (non-hydrogen) atoms. The highest BCUT2D eigenvalue weighted by Gasteiger charge is 2.27. The van der Waals surface area contributed by atoms with Gasteiger partial charge in [-0.15, -0.1) is 0 Å². The van der Waals surface area contributed by atoms with Gasteiger partial charge >= 0.3 is 6.09 Å². The van der Waals surface area contributed by atoms with E-state index in [9.17, 15) is 9.90 Å². The van der Waals surface area contributed by atoms with Crippen molar-refractivity contribution in [2.75, 3.05) is 18.4 Å². The highest BCUT2D eigenvalue weighted by Crippen LogP contribution is 2.34. The molecule has 1 fully saturated rings. The molecule has 3 heterocycles. The van der Waals surface area contributed by atoms with Gasteiger partial charge in [-0.05, 0) is 32.4 Å². The number of aromatic nitrogens is 3. The van der Waals surface area contributed by atoms with E-state index in [0.29, 0.717) is 37.3 Å². The molecule has 0 radical (unpaired) electrons. The molecule has 3 rings (SSSR count). The van der Waals surface area contributed by atoms with Gasteiger partial charge in [0.25, 0.3) is 5.88 Å². The second-order valence-electron chi connectivity index (χ2n) is 7.23. The maximum Gasteiger partial charge on any atom is 0.410 e. The highest BCUT2D eigenvalue weighted by atomic mass is 16.6. The predicted octanol–water partition coefficient (Wildman–Crippen LogP) is 2.89. The van der Waals surface area contributed by atoms with Gasteiger partial charge in [0, 0.05) is 25.9 Å². The fourth-order valence-electron chi connectivity index (χ4n) is 3.01. The summed E-state index contributed by atoms with van der Waals surface area (Å²) >= 11 is 0. The summed E-state index contributed by atoms with van der Waals surface area (Å²) in [5, 5.41) is 22.5. The van der Waals surface area contributed by atoms with Crippen molar-refractivity contribution in [3.05, 3.63) is 29.8 Å². The van der Waals surface area contributed by atoms with Crippen molar-refractivity contribution in [2.45, 2.75) is 45.8 Å². The van der Waals surface area contributed by atoms with E-state index in [2.05, 4.69) is 20.3 Å². The molecular weight excluding hydrogens is 388 g/mol. The molecule has 1 amide bonds. The smallest absolute Gasteiger partial charge is 0.410 e. The third kappa shape index (κ3) is 5.05. The fourth-order valence-corrected chi connectivity index (χ4v) is 3.01. The summed E-state index contributed by atoms with van der Waals surface area (Å²) in [5.74, 6) is 0.0189. The zero-order valence-corrected chi connectivity index (χ0v) is 17.1. The molecule has 2 aromatic heterocycles. The number of carbonyl (C=O) groups is 1. The van der Waals surface area contributed by atoms with Crippen molar-refractivity contribution in [1.29, 1.82) is 5.26 Å². The van der Waals surface area contributed by atoms with Crippen LogP contribution < -0.4 is 10.1 Å². The number of aromatic hydroxyl groups is 1. The summed E-state index contributed by atoms with van der Waals surface area (Å²) in [4.78, 5) is 25.7. The normalized spacial score (nSPS) is 14.3. The third-order valence-corrected chi connectivity index (χ3v) is 4.58. The average Bonchev–Trinajstić information content (AvgIpc) is 2.72. The van der Waals surface area contributed by atoms with Gasteiger partial charge < -0.3 is 24.8 Å². The molecule has 158 valence electrons. The summed E-state index contributed by atoms with van der Waals surface area (Å²) in [6, 6.07) is 3.61. The molecule has 0 spiro atoms. The molecule has 0 unspecified atom stereocenters. The van der Waals surface area contributed by atoms with E-state index in [1.165, 1.54) is 12.5 Å². The number of hydrogen-bond acceptors (Lipinski definition) is 9. The third-order valence-electron chi connectivity index (χ3n) is 4.58. The van der Waals surface area contributed by atoms with Crippen molar-refractivity contribution in [2.24, 2.45) is 0 Å². The van der Waals surface area contributed by atoms with E-state index in [1.807, 2.05) is 26.8 Å². The van der Waals surface area contributed by atoms with Crippen molar-refractivity contribution in [3.8, 4) is 17.7 Å². The lowest BCUT2D eigenvalue weighted by Crippen LogP contribution is -2.42. The lowest BCUT2D eigenvalue weighted by Gasteiger charge is -2.31. The lowest BCUT2D eigenvalue weighted by molar-refractivity contribution is 0.0500.